The third kappa shape index (κ3) is 2.58. The minimum Gasteiger partial charge on any atom is -0.489 e. The molecule has 0 atom stereocenters. The van der Waals surface area contributed by atoms with E-state index < -0.39 is 0 Å². The summed E-state index contributed by atoms with van der Waals surface area (Å²) in [6.07, 6.45) is 1.84. The van der Waals surface area contributed by atoms with Gasteiger partial charge in [-0.05, 0) is 36.1 Å². The Morgan fingerprint density at radius 3 is 2.68 bits per heavy atom. The normalized spacial score (nSPS) is 10.6. The standard InChI is InChI=1S/C17H15NO/c1-13-17-11-16(8-7-15(17)9-10-18-13)19-12-14-5-3-2-4-6-14/h2-11H,12H2,1H3. The van der Waals surface area contributed by atoms with E-state index in [2.05, 4.69) is 29.2 Å². The maximum Gasteiger partial charge on any atom is 0.120 e. The summed E-state index contributed by atoms with van der Waals surface area (Å²) in [5.74, 6) is 0.882. The average Bonchev–Trinajstić information content (AvgIpc) is 2.47. The SMILES string of the molecule is Cc1nccc2ccc(OCc3ccccc3)cc12. The molecular weight excluding hydrogens is 234 g/mol. The molecule has 0 fully saturated rings. The van der Waals surface area contributed by atoms with E-state index in [1.54, 1.807) is 0 Å². The van der Waals surface area contributed by atoms with Crippen LogP contribution in [-0.4, -0.2) is 4.98 Å². The van der Waals surface area contributed by atoms with Gasteiger partial charge in [0.2, 0.25) is 0 Å². The number of pyridine rings is 1. The summed E-state index contributed by atoms with van der Waals surface area (Å²) in [5, 5.41) is 2.34. The Hall–Kier alpha value is -2.35. The fourth-order valence-electron chi connectivity index (χ4n) is 2.12. The molecule has 3 aromatic rings. The fourth-order valence-corrected chi connectivity index (χ4v) is 2.12. The zero-order valence-electron chi connectivity index (χ0n) is 10.8. The lowest BCUT2D eigenvalue weighted by molar-refractivity contribution is 0.306. The Balaban J connectivity index is 1.84. The van der Waals surface area contributed by atoms with Gasteiger partial charge in [0.1, 0.15) is 12.4 Å². The van der Waals surface area contributed by atoms with Gasteiger partial charge < -0.3 is 4.74 Å². The van der Waals surface area contributed by atoms with Crippen LogP contribution in [0.2, 0.25) is 0 Å². The summed E-state index contributed by atoms with van der Waals surface area (Å²) in [5.41, 5.74) is 2.20. The number of aryl methyl sites for hydroxylation is 1. The largest absolute Gasteiger partial charge is 0.489 e. The van der Waals surface area contributed by atoms with E-state index in [1.807, 2.05) is 43.5 Å². The maximum absolute atomic E-state index is 5.83. The van der Waals surface area contributed by atoms with Gasteiger partial charge in [-0.25, -0.2) is 0 Å². The van der Waals surface area contributed by atoms with Crippen molar-refractivity contribution in [3.05, 3.63) is 72.1 Å². The van der Waals surface area contributed by atoms with E-state index in [4.69, 9.17) is 4.74 Å². The summed E-state index contributed by atoms with van der Waals surface area (Å²) < 4.78 is 5.83. The van der Waals surface area contributed by atoms with Crippen molar-refractivity contribution in [2.75, 3.05) is 0 Å². The molecule has 0 N–H and O–H groups in total. The van der Waals surface area contributed by atoms with Crippen molar-refractivity contribution in [1.82, 2.24) is 4.98 Å². The molecule has 0 spiro atoms. The van der Waals surface area contributed by atoms with Crippen LogP contribution in [0.25, 0.3) is 10.8 Å². The van der Waals surface area contributed by atoms with Crippen LogP contribution in [0.1, 0.15) is 11.3 Å². The van der Waals surface area contributed by atoms with Crippen LogP contribution in [0.15, 0.2) is 60.8 Å². The third-order valence-electron chi connectivity index (χ3n) is 3.19. The smallest absolute Gasteiger partial charge is 0.120 e. The van der Waals surface area contributed by atoms with E-state index in [1.165, 1.54) is 10.9 Å². The number of hydrogen-bond donors (Lipinski definition) is 0. The molecule has 0 saturated carbocycles. The molecule has 3 rings (SSSR count). The summed E-state index contributed by atoms with van der Waals surface area (Å²) in [6, 6.07) is 18.3. The minimum absolute atomic E-state index is 0.589. The highest BCUT2D eigenvalue weighted by Gasteiger charge is 2.01. The Morgan fingerprint density at radius 1 is 1.00 bits per heavy atom. The first-order chi connectivity index (χ1) is 9.33. The second-order valence-electron chi connectivity index (χ2n) is 4.55. The van der Waals surface area contributed by atoms with Crippen LogP contribution in [0, 0.1) is 6.92 Å². The molecule has 19 heavy (non-hydrogen) atoms. The third-order valence-corrected chi connectivity index (χ3v) is 3.19. The predicted octanol–water partition coefficient (Wildman–Crippen LogP) is 4.12. The van der Waals surface area contributed by atoms with Crippen molar-refractivity contribution >= 4 is 10.8 Å². The molecule has 0 amide bonds. The van der Waals surface area contributed by atoms with Crippen molar-refractivity contribution in [1.29, 1.82) is 0 Å². The first-order valence-electron chi connectivity index (χ1n) is 6.35. The zero-order chi connectivity index (χ0) is 13.1. The Kier molecular flexibility index (Phi) is 3.15. The topological polar surface area (TPSA) is 22.1 Å². The highest BCUT2D eigenvalue weighted by molar-refractivity contribution is 5.85. The van der Waals surface area contributed by atoms with Crippen molar-refractivity contribution < 1.29 is 4.74 Å². The summed E-state index contributed by atoms with van der Waals surface area (Å²) >= 11 is 0. The molecule has 1 aromatic heterocycles. The van der Waals surface area contributed by atoms with Crippen molar-refractivity contribution in [3.63, 3.8) is 0 Å². The summed E-state index contributed by atoms with van der Waals surface area (Å²) in [6.45, 7) is 2.61. The Bertz CT molecular complexity index is 692. The van der Waals surface area contributed by atoms with E-state index in [9.17, 15) is 0 Å². The van der Waals surface area contributed by atoms with Crippen molar-refractivity contribution in [2.45, 2.75) is 13.5 Å². The number of fused-ring (bicyclic) bond motifs is 1. The number of ether oxygens (including phenoxy) is 1. The van der Waals surface area contributed by atoms with Gasteiger partial charge >= 0.3 is 0 Å². The van der Waals surface area contributed by atoms with Crippen molar-refractivity contribution in [2.24, 2.45) is 0 Å². The number of benzene rings is 2. The van der Waals surface area contributed by atoms with Crippen LogP contribution in [0.3, 0.4) is 0 Å². The molecule has 2 nitrogen and oxygen atoms in total. The Labute approximate surface area is 112 Å². The lowest BCUT2D eigenvalue weighted by Crippen LogP contribution is -1.95. The minimum atomic E-state index is 0.589. The van der Waals surface area contributed by atoms with E-state index in [0.717, 1.165) is 16.8 Å². The van der Waals surface area contributed by atoms with Gasteiger partial charge in [-0.1, -0.05) is 36.4 Å². The monoisotopic (exact) mass is 249 g/mol. The molecule has 0 unspecified atom stereocenters. The number of aromatic nitrogens is 1. The van der Waals surface area contributed by atoms with E-state index in [0.29, 0.717) is 6.61 Å². The molecule has 0 aliphatic rings. The van der Waals surface area contributed by atoms with E-state index >= 15 is 0 Å². The molecule has 0 aliphatic carbocycles. The fraction of sp³-hybridized carbons (Fsp3) is 0.118. The van der Waals surface area contributed by atoms with Gasteiger partial charge in [-0.15, -0.1) is 0 Å². The summed E-state index contributed by atoms with van der Waals surface area (Å²) in [4.78, 5) is 4.31. The van der Waals surface area contributed by atoms with Crippen LogP contribution >= 0.6 is 0 Å². The molecule has 0 aliphatic heterocycles. The first-order valence-corrected chi connectivity index (χ1v) is 6.35. The molecule has 0 bridgehead atoms. The van der Waals surface area contributed by atoms with Gasteiger partial charge in [0.25, 0.3) is 0 Å². The molecule has 2 aromatic carbocycles. The number of nitrogens with zero attached hydrogens (tertiary/aromatic N) is 1. The highest BCUT2D eigenvalue weighted by Crippen LogP contribution is 2.23. The Morgan fingerprint density at radius 2 is 1.84 bits per heavy atom. The molecule has 0 radical (unpaired) electrons. The zero-order valence-corrected chi connectivity index (χ0v) is 10.8. The maximum atomic E-state index is 5.83. The average molecular weight is 249 g/mol. The second-order valence-corrected chi connectivity index (χ2v) is 4.55. The van der Waals surface area contributed by atoms with Gasteiger partial charge in [0.05, 0.1) is 0 Å². The van der Waals surface area contributed by atoms with Gasteiger partial charge in [-0.2, -0.15) is 0 Å². The molecule has 94 valence electrons. The lowest BCUT2D eigenvalue weighted by atomic mass is 10.1. The quantitative estimate of drug-likeness (QED) is 0.696. The molecule has 0 saturated heterocycles. The molecule has 2 heteroatoms. The number of hydrogen-bond acceptors (Lipinski definition) is 2. The van der Waals surface area contributed by atoms with Crippen LogP contribution < -0.4 is 4.74 Å². The van der Waals surface area contributed by atoms with Crippen LogP contribution in [0.4, 0.5) is 0 Å². The molecular formula is C17H15NO. The highest BCUT2D eigenvalue weighted by atomic mass is 16.5. The van der Waals surface area contributed by atoms with Gasteiger partial charge in [-0.3, -0.25) is 4.98 Å². The van der Waals surface area contributed by atoms with Crippen LogP contribution in [0.5, 0.6) is 5.75 Å². The first kappa shape index (κ1) is 11.7. The van der Waals surface area contributed by atoms with Gasteiger partial charge in [0, 0.05) is 17.3 Å². The van der Waals surface area contributed by atoms with E-state index in [-0.39, 0.29) is 0 Å². The lowest BCUT2D eigenvalue weighted by Gasteiger charge is -2.08. The van der Waals surface area contributed by atoms with Gasteiger partial charge in [0.15, 0.2) is 0 Å². The predicted molar refractivity (Wildman–Crippen MR) is 77.3 cm³/mol. The molecule has 1 heterocycles. The van der Waals surface area contributed by atoms with Crippen molar-refractivity contribution in [3.8, 4) is 5.75 Å². The second kappa shape index (κ2) is 5.11. The summed E-state index contributed by atoms with van der Waals surface area (Å²) in [7, 11) is 0. The van der Waals surface area contributed by atoms with Crippen LogP contribution in [-0.2, 0) is 6.61 Å². The number of rotatable bonds is 3.